The summed E-state index contributed by atoms with van der Waals surface area (Å²) in [5.41, 5.74) is 4.92. The molecule has 0 saturated carbocycles. The van der Waals surface area contributed by atoms with Crippen molar-refractivity contribution in [2.24, 2.45) is 0 Å². The Morgan fingerprint density at radius 1 is 0.878 bits per heavy atom. The maximum Gasteiger partial charge on any atom is 0.354 e. The Hall–Kier alpha value is -4.60. The summed E-state index contributed by atoms with van der Waals surface area (Å²) in [5.74, 6) is 0.759. The predicted octanol–water partition coefficient (Wildman–Crippen LogP) is 4.90. The highest BCUT2D eigenvalue weighted by atomic mass is 16.5. The van der Waals surface area contributed by atoms with Gasteiger partial charge in [0.15, 0.2) is 0 Å². The molecule has 0 spiro atoms. The van der Waals surface area contributed by atoms with Gasteiger partial charge in [-0.05, 0) is 55.2 Å². The van der Waals surface area contributed by atoms with Gasteiger partial charge in [-0.25, -0.2) is 4.79 Å². The number of carbonyl (C=O) groups excluding carboxylic acids is 1. The average Bonchev–Trinajstić information content (AvgIpc) is 3.67. The maximum absolute atomic E-state index is 12.2. The Kier molecular flexibility index (Phi) is 9.78. The van der Waals surface area contributed by atoms with Crippen LogP contribution in [0, 0.1) is 0 Å². The standard InChI is InChI=1S/C16H20N2O3.C15H17N3O2/c1-3-4-5-13-10-17-18(15(13)16(19)20)11-12-6-8-14(21-2)9-7-12;1-3-17-10-12-8-16-18(14(12)15(17)19)9-11-4-6-13(20-2)7-5-11/h6-10H,3-5,11H2,1-2H3,(H,19,20);4-8H,3,9-10H2,1-2H3. The minimum atomic E-state index is -0.924. The largest absolute Gasteiger partial charge is 0.497 e. The van der Waals surface area contributed by atoms with Crippen LogP contribution in [0.25, 0.3) is 0 Å². The van der Waals surface area contributed by atoms with Crippen LogP contribution < -0.4 is 9.47 Å². The number of aromatic carboxylic acids is 1. The normalized spacial score (nSPS) is 12.1. The van der Waals surface area contributed by atoms with Crippen molar-refractivity contribution in [1.82, 2.24) is 24.5 Å². The summed E-state index contributed by atoms with van der Waals surface area (Å²) >= 11 is 0. The van der Waals surface area contributed by atoms with Crippen molar-refractivity contribution in [1.29, 1.82) is 0 Å². The molecule has 1 aliphatic rings. The number of ether oxygens (including phenoxy) is 2. The van der Waals surface area contributed by atoms with Crippen LogP contribution in [0.3, 0.4) is 0 Å². The van der Waals surface area contributed by atoms with Crippen LogP contribution in [0.5, 0.6) is 11.5 Å². The number of rotatable bonds is 11. The number of amides is 1. The zero-order valence-electron chi connectivity index (χ0n) is 24.0. The van der Waals surface area contributed by atoms with Crippen molar-refractivity contribution in [3.8, 4) is 11.5 Å². The third kappa shape index (κ3) is 6.95. The molecule has 0 saturated heterocycles. The summed E-state index contributed by atoms with van der Waals surface area (Å²) in [6.07, 6.45) is 6.22. The van der Waals surface area contributed by atoms with Gasteiger partial charge in [0, 0.05) is 24.2 Å². The molecule has 0 unspecified atom stereocenters. The summed E-state index contributed by atoms with van der Waals surface area (Å²) in [7, 11) is 3.26. The summed E-state index contributed by atoms with van der Waals surface area (Å²) in [4.78, 5) is 25.6. The number of carboxylic acid groups (broad SMARTS) is 1. The number of fused-ring (bicyclic) bond motifs is 1. The van der Waals surface area contributed by atoms with Gasteiger partial charge in [-0.2, -0.15) is 10.2 Å². The molecular formula is C31H37N5O5. The molecular weight excluding hydrogens is 522 g/mol. The number of methoxy groups -OCH3 is 2. The molecule has 0 bridgehead atoms. The molecule has 1 aliphatic heterocycles. The molecule has 0 fully saturated rings. The van der Waals surface area contributed by atoms with Gasteiger partial charge in [-0.15, -0.1) is 0 Å². The minimum absolute atomic E-state index is 0.0773. The molecule has 41 heavy (non-hydrogen) atoms. The predicted molar refractivity (Wildman–Crippen MR) is 155 cm³/mol. The zero-order chi connectivity index (χ0) is 29.4. The summed E-state index contributed by atoms with van der Waals surface area (Å²) in [6.45, 7) is 6.52. The Labute approximate surface area is 240 Å². The number of carbonyl (C=O) groups is 2. The monoisotopic (exact) mass is 559 g/mol. The molecule has 10 nitrogen and oxygen atoms in total. The number of hydrogen-bond donors (Lipinski definition) is 1. The number of unbranched alkanes of at least 4 members (excludes halogenated alkanes) is 1. The lowest BCUT2D eigenvalue weighted by Crippen LogP contribution is -2.25. The number of hydrogen-bond acceptors (Lipinski definition) is 6. The first kappa shape index (κ1) is 29.4. The number of benzene rings is 2. The molecule has 0 aliphatic carbocycles. The van der Waals surface area contributed by atoms with Gasteiger partial charge in [0.2, 0.25) is 0 Å². The molecule has 5 rings (SSSR count). The molecule has 1 N–H and O–H groups in total. The van der Waals surface area contributed by atoms with Gasteiger partial charge < -0.3 is 19.5 Å². The molecule has 4 aromatic rings. The van der Waals surface area contributed by atoms with E-state index >= 15 is 0 Å². The molecule has 2 aromatic heterocycles. The maximum atomic E-state index is 12.2. The number of aromatic nitrogens is 4. The Morgan fingerprint density at radius 3 is 1.95 bits per heavy atom. The molecule has 0 radical (unpaired) electrons. The van der Waals surface area contributed by atoms with Crippen LogP contribution in [-0.2, 0) is 26.1 Å². The highest BCUT2D eigenvalue weighted by molar-refractivity contribution is 5.96. The highest BCUT2D eigenvalue weighted by Gasteiger charge is 2.30. The van der Waals surface area contributed by atoms with Crippen molar-refractivity contribution in [2.45, 2.75) is 52.7 Å². The van der Waals surface area contributed by atoms with E-state index in [0.717, 1.165) is 65.3 Å². The van der Waals surface area contributed by atoms with Crippen molar-refractivity contribution >= 4 is 11.9 Å². The van der Waals surface area contributed by atoms with E-state index in [1.54, 1.807) is 36.0 Å². The van der Waals surface area contributed by atoms with Crippen LogP contribution in [0.4, 0.5) is 0 Å². The molecule has 1 amide bonds. The first-order valence-corrected chi connectivity index (χ1v) is 13.8. The Bertz CT molecular complexity index is 1460. The third-order valence-corrected chi connectivity index (χ3v) is 7.05. The second-order valence-electron chi connectivity index (χ2n) is 9.78. The van der Waals surface area contributed by atoms with Crippen molar-refractivity contribution in [3.63, 3.8) is 0 Å². The van der Waals surface area contributed by atoms with E-state index in [1.807, 2.05) is 60.4 Å². The number of aryl methyl sites for hydroxylation is 1. The van der Waals surface area contributed by atoms with Crippen molar-refractivity contribution in [3.05, 3.63) is 94.6 Å². The highest BCUT2D eigenvalue weighted by Crippen LogP contribution is 2.23. The number of nitrogens with zero attached hydrogens (tertiary/aromatic N) is 5. The van der Waals surface area contributed by atoms with E-state index in [9.17, 15) is 14.7 Å². The van der Waals surface area contributed by atoms with Crippen LogP contribution in [0.2, 0.25) is 0 Å². The van der Waals surface area contributed by atoms with E-state index in [-0.39, 0.29) is 5.91 Å². The van der Waals surface area contributed by atoms with Crippen molar-refractivity contribution in [2.75, 3.05) is 20.8 Å². The SMILES string of the molecule is CCCCc1cnn(Cc2ccc(OC)cc2)c1C(=O)O.CCN1Cc2cnn(Cc3ccc(OC)cc3)c2C1=O. The quantitative estimate of drug-likeness (QED) is 0.278. The first-order valence-electron chi connectivity index (χ1n) is 13.8. The smallest absolute Gasteiger partial charge is 0.354 e. The summed E-state index contributed by atoms with van der Waals surface area (Å²) in [6, 6.07) is 15.4. The lowest BCUT2D eigenvalue weighted by molar-refractivity contribution is 0.0681. The van der Waals surface area contributed by atoms with Gasteiger partial charge in [-0.1, -0.05) is 37.6 Å². The summed E-state index contributed by atoms with van der Waals surface area (Å²) in [5, 5.41) is 18.0. The topological polar surface area (TPSA) is 112 Å². The molecule has 10 heteroatoms. The van der Waals surface area contributed by atoms with Crippen LogP contribution in [0.1, 0.15) is 69.9 Å². The van der Waals surface area contributed by atoms with Gasteiger partial charge in [-0.3, -0.25) is 14.2 Å². The fraction of sp³-hybridized carbons (Fsp3) is 0.355. The van der Waals surface area contributed by atoms with Crippen LogP contribution in [-0.4, -0.2) is 62.2 Å². The van der Waals surface area contributed by atoms with Gasteiger partial charge in [0.1, 0.15) is 22.9 Å². The van der Waals surface area contributed by atoms with Crippen LogP contribution >= 0.6 is 0 Å². The fourth-order valence-electron chi connectivity index (χ4n) is 4.74. The molecule has 2 aromatic carbocycles. The van der Waals surface area contributed by atoms with E-state index in [0.29, 0.717) is 25.3 Å². The van der Waals surface area contributed by atoms with E-state index in [2.05, 4.69) is 17.1 Å². The number of carboxylic acids is 1. The van der Waals surface area contributed by atoms with E-state index in [1.165, 1.54) is 0 Å². The van der Waals surface area contributed by atoms with E-state index in [4.69, 9.17) is 9.47 Å². The molecule has 0 atom stereocenters. The lowest BCUT2D eigenvalue weighted by Gasteiger charge is -2.13. The van der Waals surface area contributed by atoms with Crippen molar-refractivity contribution < 1.29 is 24.2 Å². The Balaban J connectivity index is 0.000000189. The second kappa shape index (κ2) is 13.6. The minimum Gasteiger partial charge on any atom is -0.497 e. The third-order valence-electron chi connectivity index (χ3n) is 7.05. The van der Waals surface area contributed by atoms with Gasteiger partial charge in [0.05, 0.1) is 39.7 Å². The van der Waals surface area contributed by atoms with Gasteiger partial charge in [0.25, 0.3) is 5.91 Å². The Morgan fingerprint density at radius 2 is 1.44 bits per heavy atom. The lowest BCUT2D eigenvalue weighted by atomic mass is 10.1. The average molecular weight is 560 g/mol. The van der Waals surface area contributed by atoms with E-state index < -0.39 is 5.97 Å². The molecule has 3 heterocycles. The van der Waals surface area contributed by atoms with Gasteiger partial charge >= 0.3 is 5.97 Å². The zero-order valence-corrected chi connectivity index (χ0v) is 24.0. The summed E-state index contributed by atoms with van der Waals surface area (Å²) < 4.78 is 13.6. The second-order valence-corrected chi connectivity index (χ2v) is 9.78. The van der Waals surface area contributed by atoms with Crippen LogP contribution in [0.15, 0.2) is 60.9 Å². The molecule has 216 valence electrons. The fourth-order valence-corrected chi connectivity index (χ4v) is 4.74. The first-order chi connectivity index (χ1) is 19.9.